The van der Waals surface area contributed by atoms with Gasteiger partial charge < -0.3 is 10.6 Å². The third-order valence-corrected chi connectivity index (χ3v) is 3.17. The summed E-state index contributed by atoms with van der Waals surface area (Å²) in [5.74, 6) is 0. The highest BCUT2D eigenvalue weighted by Crippen LogP contribution is 2.30. The molecule has 1 aromatic rings. The third kappa shape index (κ3) is 4.49. The predicted molar refractivity (Wildman–Crippen MR) is 70.8 cm³/mol. The van der Waals surface area contributed by atoms with E-state index in [0.717, 1.165) is 5.56 Å². The number of hydrogen-bond acceptors (Lipinski definition) is 2. The number of rotatable bonds is 5. The van der Waals surface area contributed by atoms with Gasteiger partial charge in [0, 0.05) is 11.0 Å². The summed E-state index contributed by atoms with van der Waals surface area (Å²) in [4.78, 5) is 1.29. The van der Waals surface area contributed by atoms with Gasteiger partial charge in [-0.2, -0.15) is 13.2 Å². The number of benzene rings is 1. The van der Waals surface area contributed by atoms with Crippen LogP contribution < -0.4 is 10.6 Å². The lowest BCUT2D eigenvalue weighted by Crippen LogP contribution is -2.34. The first-order valence-electron chi connectivity index (χ1n) is 5.67. The maximum atomic E-state index is 12.4. The molecule has 2 nitrogen and oxygen atoms in total. The quantitative estimate of drug-likeness (QED) is 0.900. The van der Waals surface area contributed by atoms with Gasteiger partial charge in [-0.3, -0.25) is 0 Å². The summed E-state index contributed by atoms with van der Waals surface area (Å²) >= 11 is 3.32. The molecule has 0 radical (unpaired) electrons. The minimum Gasteiger partial charge on any atom is -0.362 e. The van der Waals surface area contributed by atoms with Gasteiger partial charge in [-0.05, 0) is 53.5 Å². The van der Waals surface area contributed by atoms with Crippen molar-refractivity contribution in [1.82, 2.24) is 0 Å². The van der Waals surface area contributed by atoms with Gasteiger partial charge in [0.2, 0.25) is 0 Å². The topological polar surface area (TPSA) is 29.3 Å². The number of nitrogens with two attached hydrogens (primary N) is 1. The fourth-order valence-corrected chi connectivity index (χ4v) is 2.39. The van der Waals surface area contributed by atoms with E-state index in [4.69, 9.17) is 5.73 Å². The number of anilines is 1. The van der Waals surface area contributed by atoms with Crippen LogP contribution in [-0.2, 0) is 6.42 Å². The van der Waals surface area contributed by atoms with E-state index in [1.54, 1.807) is 13.0 Å². The lowest BCUT2D eigenvalue weighted by molar-refractivity contribution is -0.119. The molecule has 0 unspecified atom stereocenters. The molecule has 18 heavy (non-hydrogen) atoms. The molecule has 1 aromatic carbocycles. The Labute approximate surface area is 113 Å². The molecule has 0 heterocycles. The average molecular weight is 325 g/mol. The fraction of sp³-hybridized carbons (Fsp3) is 0.500. The number of halogens is 4. The normalized spacial score (nSPS) is 11.7. The van der Waals surface area contributed by atoms with Gasteiger partial charge >= 0.3 is 6.18 Å². The van der Waals surface area contributed by atoms with Gasteiger partial charge in [-0.15, -0.1) is 0 Å². The summed E-state index contributed by atoms with van der Waals surface area (Å²) in [6.07, 6.45) is -3.49. The van der Waals surface area contributed by atoms with Crippen LogP contribution in [0.25, 0.3) is 0 Å². The molecule has 0 saturated carbocycles. The predicted octanol–water partition coefficient (Wildman–Crippen LogP) is 3.34. The summed E-state index contributed by atoms with van der Waals surface area (Å²) in [5, 5.41) is 0. The van der Waals surface area contributed by atoms with E-state index in [1.165, 1.54) is 4.90 Å². The molecule has 0 spiro atoms. The summed E-state index contributed by atoms with van der Waals surface area (Å²) in [7, 11) is 0. The highest BCUT2D eigenvalue weighted by atomic mass is 79.9. The summed E-state index contributed by atoms with van der Waals surface area (Å²) < 4.78 is 38.0. The molecule has 0 atom stereocenters. The molecule has 6 heteroatoms. The summed E-state index contributed by atoms with van der Waals surface area (Å²) in [6, 6.07) is 5.33. The second-order valence-electron chi connectivity index (χ2n) is 3.95. The van der Waals surface area contributed by atoms with E-state index < -0.39 is 12.7 Å². The Morgan fingerprint density at radius 2 is 2.00 bits per heavy atom. The molecule has 0 aliphatic rings. The van der Waals surface area contributed by atoms with Gasteiger partial charge in [0.05, 0.1) is 5.69 Å². The van der Waals surface area contributed by atoms with Crippen LogP contribution >= 0.6 is 15.9 Å². The Morgan fingerprint density at radius 3 is 2.44 bits per heavy atom. The van der Waals surface area contributed by atoms with E-state index in [2.05, 4.69) is 15.9 Å². The van der Waals surface area contributed by atoms with E-state index in [0.29, 0.717) is 29.7 Å². The smallest absolute Gasteiger partial charge is 0.362 e. The average Bonchev–Trinajstić information content (AvgIpc) is 2.26. The molecule has 0 fully saturated rings. The molecule has 0 bridgehead atoms. The molecule has 1 rings (SSSR count). The van der Waals surface area contributed by atoms with Crippen LogP contribution in [0.1, 0.15) is 12.5 Å². The van der Waals surface area contributed by atoms with Gasteiger partial charge in [0.15, 0.2) is 0 Å². The fourth-order valence-electron chi connectivity index (χ4n) is 1.71. The first kappa shape index (κ1) is 15.3. The standard InChI is InChI=1S/C12H16BrF3N2/c1-2-18(8-12(14,15)16)11-4-3-9(5-6-17)7-10(11)13/h3-4,7H,2,5-6,8,17H2,1H3. The summed E-state index contributed by atoms with van der Waals surface area (Å²) in [5.41, 5.74) is 7.01. The second kappa shape index (κ2) is 6.43. The minimum absolute atomic E-state index is 0.300. The SMILES string of the molecule is CCN(CC(F)(F)F)c1ccc(CCN)cc1Br. The third-order valence-electron chi connectivity index (χ3n) is 2.54. The van der Waals surface area contributed by atoms with Crippen LogP contribution in [0.5, 0.6) is 0 Å². The zero-order chi connectivity index (χ0) is 13.8. The van der Waals surface area contributed by atoms with Crippen molar-refractivity contribution in [2.24, 2.45) is 5.73 Å². The van der Waals surface area contributed by atoms with Crippen LogP contribution in [0.3, 0.4) is 0 Å². The van der Waals surface area contributed by atoms with Crippen LogP contribution in [0.2, 0.25) is 0 Å². The molecule has 0 amide bonds. The van der Waals surface area contributed by atoms with Crippen LogP contribution in [0.15, 0.2) is 22.7 Å². The lowest BCUT2D eigenvalue weighted by Gasteiger charge is -2.25. The number of alkyl halides is 3. The second-order valence-corrected chi connectivity index (χ2v) is 4.81. The van der Waals surface area contributed by atoms with Crippen molar-refractivity contribution in [2.75, 3.05) is 24.5 Å². The van der Waals surface area contributed by atoms with Crippen LogP contribution in [-0.4, -0.2) is 25.8 Å². The molecular formula is C12H16BrF3N2. The zero-order valence-corrected chi connectivity index (χ0v) is 11.7. The first-order chi connectivity index (χ1) is 8.37. The molecule has 0 aliphatic heterocycles. The minimum atomic E-state index is -4.20. The highest BCUT2D eigenvalue weighted by Gasteiger charge is 2.30. The van der Waals surface area contributed by atoms with Crippen molar-refractivity contribution in [2.45, 2.75) is 19.5 Å². The lowest BCUT2D eigenvalue weighted by atomic mass is 10.1. The van der Waals surface area contributed by atoms with Crippen molar-refractivity contribution in [3.8, 4) is 0 Å². The Hall–Kier alpha value is -0.750. The largest absolute Gasteiger partial charge is 0.405 e. The van der Waals surface area contributed by atoms with Crippen LogP contribution in [0.4, 0.5) is 18.9 Å². The van der Waals surface area contributed by atoms with Gasteiger partial charge in [0.25, 0.3) is 0 Å². The molecule has 0 aliphatic carbocycles. The van der Waals surface area contributed by atoms with E-state index in [1.807, 2.05) is 12.1 Å². The Kier molecular flexibility index (Phi) is 5.47. The molecule has 0 aromatic heterocycles. The summed E-state index contributed by atoms with van der Waals surface area (Å²) in [6.45, 7) is 1.57. The number of hydrogen-bond donors (Lipinski definition) is 1. The maximum absolute atomic E-state index is 12.4. The Balaban J connectivity index is 2.93. The maximum Gasteiger partial charge on any atom is 0.405 e. The highest BCUT2D eigenvalue weighted by molar-refractivity contribution is 9.10. The number of nitrogens with zero attached hydrogens (tertiary/aromatic N) is 1. The van der Waals surface area contributed by atoms with Crippen molar-refractivity contribution in [1.29, 1.82) is 0 Å². The Morgan fingerprint density at radius 1 is 1.33 bits per heavy atom. The van der Waals surface area contributed by atoms with Crippen molar-refractivity contribution >= 4 is 21.6 Å². The molecule has 102 valence electrons. The van der Waals surface area contributed by atoms with E-state index >= 15 is 0 Å². The van der Waals surface area contributed by atoms with Crippen molar-refractivity contribution in [3.05, 3.63) is 28.2 Å². The van der Waals surface area contributed by atoms with Gasteiger partial charge in [-0.25, -0.2) is 0 Å². The molecule has 0 saturated heterocycles. The zero-order valence-electron chi connectivity index (χ0n) is 10.1. The van der Waals surface area contributed by atoms with Crippen molar-refractivity contribution in [3.63, 3.8) is 0 Å². The molecule has 2 N–H and O–H groups in total. The molecular weight excluding hydrogens is 309 g/mol. The van der Waals surface area contributed by atoms with E-state index in [-0.39, 0.29) is 0 Å². The van der Waals surface area contributed by atoms with Crippen molar-refractivity contribution < 1.29 is 13.2 Å². The monoisotopic (exact) mass is 324 g/mol. The van der Waals surface area contributed by atoms with Crippen LogP contribution in [0, 0.1) is 0 Å². The Bertz CT molecular complexity index is 393. The van der Waals surface area contributed by atoms with E-state index in [9.17, 15) is 13.2 Å². The van der Waals surface area contributed by atoms with Gasteiger partial charge in [0.1, 0.15) is 6.54 Å². The first-order valence-corrected chi connectivity index (χ1v) is 6.47. The van der Waals surface area contributed by atoms with Gasteiger partial charge in [-0.1, -0.05) is 6.07 Å².